The zero-order chi connectivity index (χ0) is 18.5. The maximum Gasteiger partial charge on any atom is 0.330 e. The molecule has 8 nitrogen and oxygen atoms in total. The van der Waals surface area contributed by atoms with Crippen LogP contribution in [0.2, 0.25) is 0 Å². The summed E-state index contributed by atoms with van der Waals surface area (Å²) in [6, 6.07) is 4.00. The highest BCUT2D eigenvalue weighted by molar-refractivity contribution is 7.99. The van der Waals surface area contributed by atoms with E-state index in [0.717, 1.165) is 40.4 Å². The van der Waals surface area contributed by atoms with Crippen molar-refractivity contribution in [1.29, 1.82) is 0 Å². The molecule has 3 aromatic rings. The zero-order valence-electron chi connectivity index (χ0n) is 15.1. The minimum absolute atomic E-state index is 0.0387. The molecule has 0 radical (unpaired) electrons. The first-order chi connectivity index (χ1) is 13.1. The highest BCUT2D eigenvalue weighted by atomic mass is 32.2. The average Bonchev–Trinajstić information content (AvgIpc) is 3.37. The van der Waals surface area contributed by atoms with Crippen molar-refractivity contribution in [1.82, 2.24) is 19.1 Å². The molecule has 4 heterocycles. The Morgan fingerprint density at radius 3 is 2.89 bits per heavy atom. The van der Waals surface area contributed by atoms with Gasteiger partial charge in [-0.05, 0) is 30.7 Å². The van der Waals surface area contributed by atoms with E-state index in [2.05, 4.69) is 15.3 Å². The van der Waals surface area contributed by atoms with Crippen LogP contribution in [0.15, 0.2) is 23.1 Å². The number of imidazole rings is 1. The largest absolute Gasteiger partial charge is 0.454 e. The molecule has 1 unspecified atom stereocenters. The molecule has 0 aliphatic carbocycles. The van der Waals surface area contributed by atoms with Gasteiger partial charge in [-0.15, -0.1) is 0 Å². The van der Waals surface area contributed by atoms with Crippen molar-refractivity contribution in [2.45, 2.75) is 19.4 Å². The molecule has 0 spiro atoms. The monoisotopic (exact) mass is 385 g/mol. The summed E-state index contributed by atoms with van der Waals surface area (Å²) in [6.07, 6.45) is 2.69. The van der Waals surface area contributed by atoms with Crippen molar-refractivity contribution in [2.24, 2.45) is 7.05 Å². The van der Waals surface area contributed by atoms with E-state index in [0.29, 0.717) is 17.3 Å². The summed E-state index contributed by atoms with van der Waals surface area (Å²) >= 11 is 1.87. The molecular formula is C18H19N5O3S. The molecule has 1 fully saturated rings. The first kappa shape index (κ1) is 16.5. The molecule has 1 atom stereocenters. The van der Waals surface area contributed by atoms with Gasteiger partial charge in [0, 0.05) is 24.6 Å². The molecule has 2 aliphatic heterocycles. The summed E-state index contributed by atoms with van der Waals surface area (Å²) in [4.78, 5) is 21.8. The Hall–Kier alpha value is -2.68. The van der Waals surface area contributed by atoms with E-state index in [1.54, 1.807) is 17.8 Å². The fourth-order valence-electron chi connectivity index (χ4n) is 3.55. The molecular weight excluding hydrogens is 366 g/mol. The van der Waals surface area contributed by atoms with Gasteiger partial charge in [-0.25, -0.2) is 9.78 Å². The van der Waals surface area contributed by atoms with Crippen molar-refractivity contribution >= 4 is 34.6 Å². The second-order valence-electron chi connectivity index (χ2n) is 6.78. The van der Waals surface area contributed by atoms with Crippen LogP contribution in [-0.2, 0) is 7.05 Å². The number of anilines is 2. The fourth-order valence-corrected chi connectivity index (χ4v) is 4.74. The highest BCUT2D eigenvalue weighted by Crippen LogP contribution is 2.37. The number of hydrogen-bond donors (Lipinski definition) is 1. The van der Waals surface area contributed by atoms with Gasteiger partial charge in [-0.1, -0.05) is 0 Å². The Morgan fingerprint density at radius 2 is 2.11 bits per heavy atom. The summed E-state index contributed by atoms with van der Waals surface area (Å²) in [5.74, 6) is 3.90. The Labute approximate surface area is 159 Å². The minimum atomic E-state index is -0.0387. The van der Waals surface area contributed by atoms with E-state index in [9.17, 15) is 4.79 Å². The number of benzene rings is 1. The van der Waals surface area contributed by atoms with E-state index in [4.69, 9.17) is 9.47 Å². The van der Waals surface area contributed by atoms with Gasteiger partial charge in [0.2, 0.25) is 12.7 Å². The normalized spacial score (nSPS) is 18.4. The van der Waals surface area contributed by atoms with Crippen LogP contribution in [-0.4, -0.2) is 37.4 Å². The summed E-state index contributed by atoms with van der Waals surface area (Å²) in [5, 5.41) is 3.25. The van der Waals surface area contributed by atoms with Crippen LogP contribution in [0.25, 0.3) is 11.2 Å². The van der Waals surface area contributed by atoms with Crippen LogP contribution in [0, 0.1) is 6.92 Å². The Bertz CT molecular complexity index is 1100. The molecule has 0 saturated carbocycles. The number of aryl methyl sites for hydroxylation is 2. The lowest BCUT2D eigenvalue weighted by atomic mass is 10.2. The first-order valence-electron chi connectivity index (χ1n) is 8.81. The summed E-state index contributed by atoms with van der Waals surface area (Å²) in [5.41, 5.74) is 3.22. The molecule has 2 aliphatic rings. The van der Waals surface area contributed by atoms with E-state index in [1.165, 1.54) is 0 Å². The van der Waals surface area contributed by atoms with E-state index < -0.39 is 0 Å². The standard InChI is InChI=1S/C18H19N5O3S/c1-10-5-14-15(26-9-25-14)6-12(10)20-17-19-7-13-16(21-17)23(18(24)22(13)2)11-3-4-27-8-11/h5-7,11H,3-4,8-9H2,1-2H3,(H,19,20,21). The van der Waals surface area contributed by atoms with Gasteiger partial charge in [0.1, 0.15) is 5.52 Å². The molecule has 2 aromatic heterocycles. The molecule has 27 heavy (non-hydrogen) atoms. The number of thioether (sulfide) groups is 1. The molecule has 5 rings (SSSR count). The highest BCUT2D eigenvalue weighted by Gasteiger charge is 2.24. The van der Waals surface area contributed by atoms with Gasteiger partial charge in [0.05, 0.1) is 12.2 Å². The average molecular weight is 385 g/mol. The number of nitrogens with zero attached hydrogens (tertiary/aromatic N) is 4. The Balaban J connectivity index is 1.57. The number of ether oxygens (including phenoxy) is 2. The summed E-state index contributed by atoms with van der Waals surface area (Å²) in [6.45, 7) is 2.22. The number of hydrogen-bond acceptors (Lipinski definition) is 7. The molecule has 1 aromatic carbocycles. The second kappa shape index (κ2) is 6.19. The zero-order valence-corrected chi connectivity index (χ0v) is 15.9. The molecule has 1 saturated heterocycles. The maximum atomic E-state index is 12.7. The van der Waals surface area contributed by atoms with Gasteiger partial charge in [0.25, 0.3) is 0 Å². The SMILES string of the molecule is Cc1cc2c(cc1Nc1ncc3c(n1)n(C1CCSC1)c(=O)n3C)OCO2. The van der Waals surface area contributed by atoms with Gasteiger partial charge in [0.15, 0.2) is 17.1 Å². The number of rotatable bonds is 3. The number of aromatic nitrogens is 4. The lowest BCUT2D eigenvalue weighted by Crippen LogP contribution is -2.26. The van der Waals surface area contributed by atoms with Crippen molar-refractivity contribution in [2.75, 3.05) is 23.6 Å². The fraction of sp³-hybridized carbons (Fsp3) is 0.389. The Kier molecular flexibility index (Phi) is 3.78. The smallest absolute Gasteiger partial charge is 0.330 e. The minimum Gasteiger partial charge on any atom is -0.454 e. The molecule has 1 N–H and O–H groups in total. The van der Waals surface area contributed by atoms with Gasteiger partial charge in [-0.3, -0.25) is 9.13 Å². The van der Waals surface area contributed by atoms with Crippen LogP contribution in [0.5, 0.6) is 11.5 Å². The molecule has 0 amide bonds. The molecule has 140 valence electrons. The lowest BCUT2D eigenvalue weighted by Gasteiger charge is -2.11. The predicted molar refractivity (Wildman–Crippen MR) is 104 cm³/mol. The van der Waals surface area contributed by atoms with E-state index in [1.807, 2.05) is 35.4 Å². The van der Waals surface area contributed by atoms with E-state index >= 15 is 0 Å². The maximum absolute atomic E-state index is 12.7. The van der Waals surface area contributed by atoms with Crippen LogP contribution < -0.4 is 20.5 Å². The predicted octanol–water partition coefficient (Wildman–Crippen LogP) is 2.59. The summed E-state index contributed by atoms with van der Waals surface area (Å²) < 4.78 is 14.3. The lowest BCUT2D eigenvalue weighted by molar-refractivity contribution is 0.174. The van der Waals surface area contributed by atoms with Crippen LogP contribution in [0.4, 0.5) is 11.6 Å². The second-order valence-corrected chi connectivity index (χ2v) is 7.93. The van der Waals surface area contributed by atoms with Gasteiger partial charge >= 0.3 is 5.69 Å². The third-order valence-electron chi connectivity index (χ3n) is 5.07. The van der Waals surface area contributed by atoms with E-state index in [-0.39, 0.29) is 18.5 Å². The van der Waals surface area contributed by atoms with Crippen LogP contribution in [0.1, 0.15) is 18.0 Å². The summed E-state index contributed by atoms with van der Waals surface area (Å²) in [7, 11) is 1.77. The van der Waals surface area contributed by atoms with Gasteiger partial charge < -0.3 is 14.8 Å². The molecule has 0 bridgehead atoms. The van der Waals surface area contributed by atoms with Crippen LogP contribution in [0.3, 0.4) is 0 Å². The van der Waals surface area contributed by atoms with Crippen molar-refractivity contribution in [3.05, 3.63) is 34.4 Å². The Morgan fingerprint density at radius 1 is 1.30 bits per heavy atom. The first-order valence-corrected chi connectivity index (χ1v) is 9.96. The number of nitrogens with one attached hydrogen (secondary N) is 1. The van der Waals surface area contributed by atoms with Crippen molar-refractivity contribution < 1.29 is 9.47 Å². The topological polar surface area (TPSA) is 83.2 Å². The quantitative estimate of drug-likeness (QED) is 0.742. The van der Waals surface area contributed by atoms with Crippen LogP contribution >= 0.6 is 11.8 Å². The van der Waals surface area contributed by atoms with Gasteiger partial charge in [-0.2, -0.15) is 16.7 Å². The molecule has 9 heteroatoms. The van der Waals surface area contributed by atoms with Crippen molar-refractivity contribution in [3.63, 3.8) is 0 Å². The third-order valence-corrected chi connectivity index (χ3v) is 6.21. The number of fused-ring (bicyclic) bond motifs is 2. The third kappa shape index (κ3) is 2.64. The van der Waals surface area contributed by atoms with Crippen molar-refractivity contribution in [3.8, 4) is 11.5 Å².